The molecular weight excluding hydrogens is 356 g/mol. The van der Waals surface area contributed by atoms with Crippen LogP contribution in [0.2, 0.25) is 0 Å². The van der Waals surface area contributed by atoms with Crippen molar-refractivity contribution in [1.82, 2.24) is 14.5 Å². The molecule has 0 aliphatic heterocycles. The summed E-state index contributed by atoms with van der Waals surface area (Å²) in [5.41, 5.74) is 2.71. The van der Waals surface area contributed by atoms with E-state index in [9.17, 15) is 10.1 Å². The quantitative estimate of drug-likeness (QED) is 0.465. The Morgan fingerprint density at radius 1 is 1.19 bits per heavy atom. The average Bonchev–Trinajstić information content (AvgIpc) is 3.37. The number of hydrogen-bond donors (Lipinski definition) is 1. The molecule has 0 radical (unpaired) electrons. The van der Waals surface area contributed by atoms with Crippen LogP contribution < -0.4 is 0 Å². The number of carbonyl (C=O) groups is 1. The van der Waals surface area contributed by atoms with Crippen LogP contribution in [0.5, 0.6) is 0 Å². The molecule has 0 spiro atoms. The summed E-state index contributed by atoms with van der Waals surface area (Å²) in [6.07, 6.45) is 0. The molecule has 0 amide bonds. The number of Topliss-reactive ketones (excluding diaryl/α,β-unsaturated/α-hetero) is 1. The van der Waals surface area contributed by atoms with Crippen molar-refractivity contribution in [1.29, 1.82) is 5.26 Å². The highest BCUT2D eigenvalue weighted by atomic mass is 32.1. The number of para-hydroxylation sites is 3. The van der Waals surface area contributed by atoms with Gasteiger partial charge in [-0.2, -0.15) is 5.26 Å². The smallest absolute Gasteiger partial charge is 0.197 e. The van der Waals surface area contributed by atoms with E-state index >= 15 is 0 Å². The molecule has 1 unspecified atom stereocenters. The second-order valence-corrected chi connectivity index (χ2v) is 7.50. The van der Waals surface area contributed by atoms with Gasteiger partial charge in [0.25, 0.3) is 0 Å². The van der Waals surface area contributed by atoms with Gasteiger partial charge >= 0.3 is 0 Å². The van der Waals surface area contributed by atoms with E-state index in [2.05, 4.69) is 32.7 Å². The average molecular weight is 370 g/mol. The van der Waals surface area contributed by atoms with Gasteiger partial charge in [-0.05, 0) is 24.3 Å². The Kier molecular flexibility index (Phi) is 3.39. The number of ketones is 1. The van der Waals surface area contributed by atoms with E-state index in [1.807, 2.05) is 49.5 Å². The van der Waals surface area contributed by atoms with Crippen molar-refractivity contribution >= 4 is 49.3 Å². The lowest BCUT2D eigenvalue weighted by Crippen LogP contribution is -2.11. The molecular formula is C21H14N4OS. The van der Waals surface area contributed by atoms with E-state index < -0.39 is 5.92 Å². The molecule has 3 heterocycles. The highest BCUT2D eigenvalue weighted by Crippen LogP contribution is 2.36. The Bertz CT molecular complexity index is 1350. The maximum atomic E-state index is 13.1. The Balaban J connectivity index is 1.61. The maximum absolute atomic E-state index is 13.1. The van der Waals surface area contributed by atoms with Gasteiger partial charge in [0, 0.05) is 23.3 Å². The minimum atomic E-state index is -0.947. The first kappa shape index (κ1) is 15.8. The lowest BCUT2D eigenvalue weighted by Gasteiger charge is -2.03. The van der Waals surface area contributed by atoms with E-state index in [-0.39, 0.29) is 5.78 Å². The lowest BCUT2D eigenvalue weighted by atomic mass is 10.0. The summed E-state index contributed by atoms with van der Waals surface area (Å²) in [5.74, 6) is -0.774. The van der Waals surface area contributed by atoms with Gasteiger partial charge in [-0.15, -0.1) is 11.3 Å². The van der Waals surface area contributed by atoms with Crippen LogP contribution >= 0.6 is 11.3 Å². The summed E-state index contributed by atoms with van der Waals surface area (Å²) in [6, 6.07) is 19.7. The van der Waals surface area contributed by atoms with Gasteiger partial charge in [-0.25, -0.2) is 4.98 Å². The van der Waals surface area contributed by atoms with Gasteiger partial charge in [-0.1, -0.05) is 30.3 Å². The molecule has 0 aliphatic rings. The molecule has 0 bridgehead atoms. The SMILES string of the molecule is Cn1c2ccccc2c2cc(C(=O)C(C#N)c3nc4ccccc4[nH]3)sc21. The van der Waals surface area contributed by atoms with Crippen LogP contribution in [-0.4, -0.2) is 20.3 Å². The van der Waals surface area contributed by atoms with Gasteiger partial charge in [0.15, 0.2) is 11.7 Å². The van der Waals surface area contributed by atoms with E-state index in [1.54, 1.807) is 0 Å². The van der Waals surface area contributed by atoms with E-state index in [1.165, 1.54) is 11.3 Å². The first-order valence-corrected chi connectivity index (χ1v) is 9.34. The topological polar surface area (TPSA) is 74.5 Å². The summed E-state index contributed by atoms with van der Waals surface area (Å²) < 4.78 is 2.09. The van der Waals surface area contributed by atoms with E-state index in [0.29, 0.717) is 10.7 Å². The molecule has 6 heteroatoms. The van der Waals surface area contributed by atoms with Crippen molar-refractivity contribution in [2.24, 2.45) is 7.05 Å². The number of nitrogens with one attached hydrogen (secondary N) is 1. The number of fused-ring (bicyclic) bond motifs is 4. The fourth-order valence-corrected chi connectivity index (χ4v) is 4.66. The lowest BCUT2D eigenvalue weighted by molar-refractivity contribution is 0.0980. The molecule has 0 saturated carbocycles. The first-order valence-electron chi connectivity index (χ1n) is 8.53. The van der Waals surface area contributed by atoms with Crippen LogP contribution in [0.3, 0.4) is 0 Å². The summed E-state index contributed by atoms with van der Waals surface area (Å²) in [5, 5.41) is 11.8. The zero-order valence-corrected chi connectivity index (χ0v) is 15.2. The normalized spacial score (nSPS) is 12.6. The van der Waals surface area contributed by atoms with Crippen molar-refractivity contribution < 1.29 is 4.79 Å². The van der Waals surface area contributed by atoms with Gasteiger partial charge in [0.1, 0.15) is 10.7 Å². The zero-order chi connectivity index (χ0) is 18.5. The molecule has 3 aromatic heterocycles. The van der Waals surface area contributed by atoms with Crippen LogP contribution in [0.25, 0.3) is 32.2 Å². The largest absolute Gasteiger partial charge is 0.340 e. The summed E-state index contributed by atoms with van der Waals surface area (Å²) >= 11 is 1.42. The number of aromatic nitrogens is 3. The summed E-state index contributed by atoms with van der Waals surface area (Å²) in [4.78, 5) is 22.2. The van der Waals surface area contributed by atoms with Crippen molar-refractivity contribution in [3.63, 3.8) is 0 Å². The fourth-order valence-electron chi connectivity index (χ4n) is 3.54. The van der Waals surface area contributed by atoms with Gasteiger partial charge in [-0.3, -0.25) is 4.79 Å². The first-order chi connectivity index (χ1) is 13.2. The summed E-state index contributed by atoms with van der Waals surface area (Å²) in [6.45, 7) is 0. The molecule has 1 atom stereocenters. The zero-order valence-electron chi connectivity index (χ0n) is 14.4. The Morgan fingerprint density at radius 3 is 2.78 bits per heavy atom. The highest BCUT2D eigenvalue weighted by Gasteiger charge is 2.27. The van der Waals surface area contributed by atoms with Crippen molar-refractivity contribution in [3.8, 4) is 6.07 Å². The predicted molar refractivity (Wildman–Crippen MR) is 107 cm³/mol. The number of aryl methyl sites for hydroxylation is 1. The standard InChI is InChI=1S/C21H14N4OS/c1-25-17-9-5-2-6-12(17)13-10-18(27-21(13)25)19(26)14(11-22)20-23-15-7-3-4-8-16(15)24-20/h2-10,14H,1H3,(H,23,24). The minimum Gasteiger partial charge on any atom is -0.340 e. The molecule has 5 aromatic rings. The number of thiophene rings is 1. The molecule has 130 valence electrons. The molecule has 5 rings (SSSR count). The molecule has 2 aromatic carbocycles. The number of hydrogen-bond acceptors (Lipinski definition) is 4. The highest BCUT2D eigenvalue weighted by molar-refractivity contribution is 7.20. The molecule has 27 heavy (non-hydrogen) atoms. The van der Waals surface area contributed by atoms with Crippen molar-refractivity contribution in [2.45, 2.75) is 5.92 Å². The van der Waals surface area contributed by atoms with Crippen LogP contribution in [0.1, 0.15) is 21.4 Å². The molecule has 5 nitrogen and oxygen atoms in total. The predicted octanol–water partition coefficient (Wildman–Crippen LogP) is 4.76. The Labute approximate surface area is 158 Å². The molecule has 0 fully saturated rings. The number of carbonyl (C=O) groups excluding carboxylic acids is 1. The number of nitrogens with zero attached hydrogens (tertiary/aromatic N) is 3. The Hall–Kier alpha value is -3.43. The third-order valence-electron chi connectivity index (χ3n) is 4.89. The third kappa shape index (κ3) is 2.29. The van der Waals surface area contributed by atoms with Gasteiger partial charge in [0.2, 0.25) is 0 Å². The van der Waals surface area contributed by atoms with Gasteiger partial charge in [0.05, 0.1) is 22.0 Å². The van der Waals surface area contributed by atoms with E-state index in [4.69, 9.17) is 0 Å². The molecule has 0 saturated heterocycles. The third-order valence-corrected chi connectivity index (χ3v) is 6.11. The molecule has 0 aliphatic carbocycles. The Morgan fingerprint density at radius 2 is 1.96 bits per heavy atom. The van der Waals surface area contributed by atoms with E-state index in [0.717, 1.165) is 32.2 Å². The number of aromatic amines is 1. The van der Waals surface area contributed by atoms with Crippen molar-refractivity contribution in [2.75, 3.05) is 0 Å². The second kappa shape index (κ2) is 5.79. The second-order valence-electron chi connectivity index (χ2n) is 6.47. The van der Waals surface area contributed by atoms with Crippen LogP contribution in [0.15, 0.2) is 54.6 Å². The number of imidazole rings is 1. The number of H-pyrrole nitrogens is 1. The number of nitriles is 1. The van der Waals surface area contributed by atoms with Crippen LogP contribution in [0, 0.1) is 11.3 Å². The summed E-state index contributed by atoms with van der Waals surface area (Å²) in [7, 11) is 2.00. The molecule has 1 N–H and O–H groups in total. The van der Waals surface area contributed by atoms with Crippen LogP contribution in [-0.2, 0) is 7.05 Å². The minimum absolute atomic E-state index is 0.221. The van der Waals surface area contributed by atoms with Gasteiger partial charge < -0.3 is 9.55 Å². The van der Waals surface area contributed by atoms with Crippen molar-refractivity contribution in [3.05, 3.63) is 65.3 Å². The van der Waals surface area contributed by atoms with Crippen LogP contribution in [0.4, 0.5) is 0 Å². The monoisotopic (exact) mass is 370 g/mol. The fraction of sp³-hybridized carbons (Fsp3) is 0.0952. The number of benzene rings is 2. The number of rotatable bonds is 3. The maximum Gasteiger partial charge on any atom is 0.197 e.